The van der Waals surface area contributed by atoms with Crippen LogP contribution in [0.15, 0.2) is 97.1 Å². The number of hydrogen-bond donors (Lipinski definition) is 0. The molecule has 0 saturated carbocycles. The zero-order chi connectivity index (χ0) is 22.4. The second-order valence-corrected chi connectivity index (χ2v) is 10.1. The number of rotatable bonds is 7. The number of benzene rings is 3. The SMILES string of the molecule is CC1(C)OC[C@H](/C=C/COC(=O)c2ccccc2P(c2ccccc2)c2ccccc2)O1. The average Bonchev–Trinajstić information content (AvgIpc) is 3.17. The van der Waals surface area contributed by atoms with E-state index in [2.05, 4.69) is 24.3 Å². The van der Waals surface area contributed by atoms with Crippen LogP contribution in [0.3, 0.4) is 0 Å². The van der Waals surface area contributed by atoms with E-state index >= 15 is 0 Å². The third kappa shape index (κ3) is 5.52. The molecule has 1 saturated heterocycles. The Morgan fingerprint density at radius 1 is 0.969 bits per heavy atom. The monoisotopic (exact) mass is 446 g/mol. The van der Waals surface area contributed by atoms with Gasteiger partial charge in [-0.25, -0.2) is 4.79 Å². The first-order chi connectivity index (χ1) is 15.5. The summed E-state index contributed by atoms with van der Waals surface area (Å²) in [5.74, 6) is -0.898. The third-order valence-corrected chi connectivity index (χ3v) is 7.59. The third-order valence-electron chi connectivity index (χ3n) is 5.09. The van der Waals surface area contributed by atoms with Crippen molar-refractivity contribution in [3.05, 3.63) is 103 Å². The van der Waals surface area contributed by atoms with Crippen molar-refractivity contribution in [2.75, 3.05) is 13.2 Å². The lowest BCUT2D eigenvalue weighted by Crippen LogP contribution is -2.26. The number of esters is 1. The van der Waals surface area contributed by atoms with E-state index in [1.54, 1.807) is 0 Å². The molecule has 1 heterocycles. The molecule has 0 aromatic heterocycles. The molecule has 3 aromatic carbocycles. The maximum atomic E-state index is 13.0. The lowest BCUT2D eigenvalue weighted by molar-refractivity contribution is -0.133. The van der Waals surface area contributed by atoms with Gasteiger partial charge in [0, 0.05) is 0 Å². The van der Waals surface area contributed by atoms with Gasteiger partial charge in [0.25, 0.3) is 0 Å². The lowest BCUT2D eigenvalue weighted by atomic mass is 10.2. The minimum absolute atomic E-state index is 0.125. The van der Waals surface area contributed by atoms with Gasteiger partial charge in [-0.05, 0) is 49.8 Å². The fourth-order valence-corrected chi connectivity index (χ4v) is 6.08. The normalized spacial score (nSPS) is 17.7. The molecule has 0 bridgehead atoms. The summed E-state index contributed by atoms with van der Waals surface area (Å²) in [6, 6.07) is 28.4. The van der Waals surface area contributed by atoms with E-state index in [4.69, 9.17) is 14.2 Å². The topological polar surface area (TPSA) is 44.8 Å². The Morgan fingerprint density at radius 3 is 2.16 bits per heavy atom. The van der Waals surface area contributed by atoms with Gasteiger partial charge in [-0.15, -0.1) is 0 Å². The Bertz CT molecular complexity index is 1020. The van der Waals surface area contributed by atoms with Gasteiger partial charge >= 0.3 is 5.97 Å². The van der Waals surface area contributed by atoms with Gasteiger partial charge in [0.2, 0.25) is 0 Å². The molecule has 1 aliphatic rings. The summed E-state index contributed by atoms with van der Waals surface area (Å²) in [6.45, 7) is 4.45. The number of carbonyl (C=O) groups is 1. The minimum atomic E-state index is -0.891. The Hall–Kier alpha value is -2.78. The van der Waals surface area contributed by atoms with Crippen LogP contribution in [0.1, 0.15) is 24.2 Å². The number of ether oxygens (including phenoxy) is 3. The van der Waals surface area contributed by atoms with Crippen LogP contribution in [-0.2, 0) is 14.2 Å². The van der Waals surface area contributed by atoms with Crippen molar-refractivity contribution in [1.29, 1.82) is 0 Å². The maximum absolute atomic E-state index is 13.0. The molecule has 5 heteroatoms. The van der Waals surface area contributed by atoms with Crippen LogP contribution in [0.4, 0.5) is 0 Å². The van der Waals surface area contributed by atoms with Crippen molar-refractivity contribution >= 4 is 29.8 Å². The standard InChI is InChI=1S/C27H27O4P/c1-27(2)30-20-21(31-27)12-11-19-29-26(28)24-17-9-10-18-25(24)32(22-13-5-3-6-14-22)23-15-7-4-8-16-23/h3-18,21H,19-20H2,1-2H3/b12-11+/t21-/m0/s1. The summed E-state index contributed by atoms with van der Waals surface area (Å²) in [6.07, 6.45) is 3.57. The summed E-state index contributed by atoms with van der Waals surface area (Å²) in [7, 11) is -0.891. The highest BCUT2D eigenvalue weighted by Gasteiger charge is 2.31. The Kier molecular flexibility index (Phi) is 7.16. The molecule has 1 aliphatic heterocycles. The van der Waals surface area contributed by atoms with Crippen molar-refractivity contribution in [2.45, 2.75) is 25.7 Å². The molecule has 0 spiro atoms. The van der Waals surface area contributed by atoms with Crippen LogP contribution in [0.5, 0.6) is 0 Å². The number of carbonyl (C=O) groups excluding carboxylic acids is 1. The first-order valence-corrected chi connectivity index (χ1v) is 12.0. The van der Waals surface area contributed by atoms with Gasteiger partial charge in [0.15, 0.2) is 5.79 Å². The van der Waals surface area contributed by atoms with E-state index in [1.807, 2.05) is 86.7 Å². The highest BCUT2D eigenvalue weighted by atomic mass is 31.1. The molecular formula is C27H27O4P. The van der Waals surface area contributed by atoms with Gasteiger partial charge in [-0.2, -0.15) is 0 Å². The molecule has 0 unspecified atom stereocenters. The van der Waals surface area contributed by atoms with Crippen molar-refractivity contribution in [3.63, 3.8) is 0 Å². The summed E-state index contributed by atoms with van der Waals surface area (Å²) < 4.78 is 16.9. The summed E-state index contributed by atoms with van der Waals surface area (Å²) >= 11 is 0. The van der Waals surface area contributed by atoms with Gasteiger partial charge in [0.05, 0.1) is 12.2 Å². The molecule has 32 heavy (non-hydrogen) atoms. The molecule has 0 amide bonds. The van der Waals surface area contributed by atoms with E-state index < -0.39 is 13.7 Å². The van der Waals surface area contributed by atoms with Crippen LogP contribution in [-0.4, -0.2) is 31.1 Å². The largest absolute Gasteiger partial charge is 0.458 e. The smallest absolute Gasteiger partial charge is 0.339 e. The van der Waals surface area contributed by atoms with Crippen LogP contribution in [0.2, 0.25) is 0 Å². The predicted octanol–water partition coefficient (Wildman–Crippen LogP) is 4.31. The van der Waals surface area contributed by atoms with Crippen LogP contribution < -0.4 is 15.9 Å². The highest BCUT2D eigenvalue weighted by molar-refractivity contribution is 7.80. The average molecular weight is 446 g/mol. The molecule has 3 aromatic rings. The molecule has 0 N–H and O–H groups in total. The van der Waals surface area contributed by atoms with E-state index in [9.17, 15) is 4.79 Å². The zero-order valence-electron chi connectivity index (χ0n) is 18.3. The van der Waals surface area contributed by atoms with Crippen LogP contribution in [0.25, 0.3) is 0 Å². The first kappa shape index (κ1) is 22.4. The quantitative estimate of drug-likeness (QED) is 0.308. The predicted molar refractivity (Wildman–Crippen MR) is 129 cm³/mol. The van der Waals surface area contributed by atoms with E-state index in [0.29, 0.717) is 12.2 Å². The molecule has 4 rings (SSSR count). The summed E-state index contributed by atoms with van der Waals surface area (Å²) in [4.78, 5) is 13.0. The Morgan fingerprint density at radius 2 is 1.56 bits per heavy atom. The van der Waals surface area contributed by atoms with Crippen LogP contribution in [0, 0.1) is 0 Å². The Labute approximate surface area is 190 Å². The second kappa shape index (κ2) is 10.2. The van der Waals surface area contributed by atoms with Crippen molar-refractivity contribution in [1.82, 2.24) is 0 Å². The summed E-state index contributed by atoms with van der Waals surface area (Å²) in [5, 5.41) is 3.37. The first-order valence-electron chi connectivity index (χ1n) is 10.7. The van der Waals surface area contributed by atoms with E-state index in [-0.39, 0.29) is 18.7 Å². The van der Waals surface area contributed by atoms with Gasteiger partial charge in [-0.3, -0.25) is 0 Å². The summed E-state index contributed by atoms with van der Waals surface area (Å²) in [5.41, 5.74) is 0.598. The molecule has 1 fully saturated rings. The fraction of sp³-hybridized carbons (Fsp3) is 0.222. The molecule has 4 nitrogen and oxygen atoms in total. The molecule has 0 radical (unpaired) electrons. The molecule has 0 aliphatic carbocycles. The molecular weight excluding hydrogens is 419 g/mol. The second-order valence-electron chi connectivity index (χ2n) is 7.92. The van der Waals surface area contributed by atoms with Crippen LogP contribution >= 0.6 is 7.92 Å². The van der Waals surface area contributed by atoms with Crippen molar-refractivity contribution in [3.8, 4) is 0 Å². The highest BCUT2D eigenvalue weighted by Crippen LogP contribution is 2.34. The van der Waals surface area contributed by atoms with E-state index in [1.165, 1.54) is 10.6 Å². The minimum Gasteiger partial charge on any atom is -0.458 e. The van der Waals surface area contributed by atoms with Gasteiger partial charge in [0.1, 0.15) is 12.7 Å². The fourth-order valence-electron chi connectivity index (χ4n) is 3.64. The maximum Gasteiger partial charge on any atom is 0.339 e. The number of hydrogen-bond acceptors (Lipinski definition) is 4. The lowest BCUT2D eigenvalue weighted by Gasteiger charge is -2.21. The van der Waals surface area contributed by atoms with Gasteiger partial charge < -0.3 is 14.2 Å². The molecule has 164 valence electrons. The Balaban J connectivity index is 1.54. The molecule has 1 atom stereocenters. The van der Waals surface area contributed by atoms with Crippen molar-refractivity contribution in [2.24, 2.45) is 0 Å². The van der Waals surface area contributed by atoms with Gasteiger partial charge in [-0.1, -0.05) is 84.9 Å². The van der Waals surface area contributed by atoms with E-state index in [0.717, 1.165) is 5.30 Å². The van der Waals surface area contributed by atoms with Crippen molar-refractivity contribution < 1.29 is 19.0 Å². The zero-order valence-corrected chi connectivity index (χ0v) is 19.2.